The number of anilines is 1. The molecule has 1 aromatic carbocycles. The van der Waals surface area contributed by atoms with Crippen LogP contribution in [-0.2, 0) is 11.0 Å². The first-order chi connectivity index (χ1) is 11.2. The third-order valence-electron chi connectivity index (χ3n) is 3.20. The van der Waals surface area contributed by atoms with Gasteiger partial charge in [-0.25, -0.2) is 9.78 Å². The van der Waals surface area contributed by atoms with Crippen molar-refractivity contribution < 1.29 is 23.1 Å². The molecule has 0 atom stereocenters. The molecule has 24 heavy (non-hydrogen) atoms. The Hall–Kier alpha value is -2.83. The van der Waals surface area contributed by atoms with Gasteiger partial charge in [0, 0.05) is 25.7 Å². The van der Waals surface area contributed by atoms with E-state index in [4.69, 9.17) is 5.11 Å². The average Bonchev–Trinajstić information content (AvgIpc) is 2.52. The summed E-state index contributed by atoms with van der Waals surface area (Å²) in [7, 11) is 3.22. The van der Waals surface area contributed by atoms with Gasteiger partial charge in [0.2, 0.25) is 0 Å². The van der Waals surface area contributed by atoms with Crippen LogP contribution in [0.4, 0.5) is 19.0 Å². The van der Waals surface area contributed by atoms with E-state index >= 15 is 0 Å². The van der Waals surface area contributed by atoms with E-state index in [2.05, 4.69) is 4.98 Å². The van der Waals surface area contributed by atoms with Crippen molar-refractivity contribution in [1.29, 1.82) is 0 Å². The summed E-state index contributed by atoms with van der Waals surface area (Å²) < 4.78 is 39.3. The molecule has 0 aliphatic rings. The molecular weight excluding hydrogens is 321 g/mol. The van der Waals surface area contributed by atoms with Crippen molar-refractivity contribution in [2.75, 3.05) is 19.0 Å². The quantitative estimate of drug-likeness (QED) is 0.860. The van der Waals surface area contributed by atoms with Crippen molar-refractivity contribution in [3.05, 3.63) is 53.6 Å². The zero-order chi connectivity index (χ0) is 17.9. The van der Waals surface area contributed by atoms with Crippen molar-refractivity contribution in [2.24, 2.45) is 0 Å². The lowest BCUT2D eigenvalue weighted by Gasteiger charge is -2.16. The van der Waals surface area contributed by atoms with Gasteiger partial charge in [-0.3, -0.25) is 0 Å². The molecule has 1 N–H and O–H groups in total. The van der Waals surface area contributed by atoms with Gasteiger partial charge >= 0.3 is 12.1 Å². The van der Waals surface area contributed by atoms with Crippen LogP contribution in [0.2, 0.25) is 0 Å². The van der Waals surface area contributed by atoms with Gasteiger partial charge in [0.15, 0.2) is 0 Å². The molecule has 126 valence electrons. The van der Waals surface area contributed by atoms with Gasteiger partial charge in [-0.2, -0.15) is 13.2 Å². The minimum Gasteiger partial charge on any atom is -0.478 e. The molecule has 0 saturated heterocycles. The summed E-state index contributed by atoms with van der Waals surface area (Å²) in [5.41, 5.74) is 0.402. The molecule has 7 heteroatoms. The Kier molecular flexibility index (Phi) is 4.92. The predicted octanol–water partition coefficient (Wildman–Crippen LogP) is 3.93. The van der Waals surface area contributed by atoms with Gasteiger partial charge in [0.25, 0.3) is 0 Å². The minimum absolute atomic E-state index is 0.166. The second kappa shape index (κ2) is 6.74. The lowest BCUT2D eigenvalue weighted by Crippen LogP contribution is -2.14. The monoisotopic (exact) mass is 336 g/mol. The summed E-state index contributed by atoms with van der Waals surface area (Å²) in [6.07, 6.45) is -2.15. The van der Waals surface area contributed by atoms with E-state index in [0.29, 0.717) is 11.1 Å². The SMILES string of the molecule is CN(C)c1cc(C(F)(F)F)cc(-c2cccc(C=CC(=O)O)c2)n1. The molecule has 0 aliphatic heterocycles. The predicted molar refractivity (Wildman–Crippen MR) is 85.7 cm³/mol. The number of nitrogens with zero attached hydrogens (tertiary/aromatic N) is 2. The molecule has 0 unspecified atom stereocenters. The first kappa shape index (κ1) is 17.5. The zero-order valence-electron chi connectivity index (χ0n) is 13.0. The number of rotatable bonds is 4. The Morgan fingerprint density at radius 1 is 1.21 bits per heavy atom. The van der Waals surface area contributed by atoms with Crippen LogP contribution in [0.3, 0.4) is 0 Å². The van der Waals surface area contributed by atoms with Gasteiger partial charge < -0.3 is 10.0 Å². The molecule has 2 rings (SSSR count). The van der Waals surface area contributed by atoms with Gasteiger partial charge in [-0.05, 0) is 29.8 Å². The topological polar surface area (TPSA) is 53.4 Å². The number of hydrogen-bond donors (Lipinski definition) is 1. The van der Waals surface area contributed by atoms with Crippen molar-refractivity contribution >= 4 is 17.9 Å². The lowest BCUT2D eigenvalue weighted by molar-refractivity contribution is -0.137. The van der Waals surface area contributed by atoms with Crippen LogP contribution in [0.25, 0.3) is 17.3 Å². The van der Waals surface area contributed by atoms with E-state index < -0.39 is 17.7 Å². The first-order valence-electron chi connectivity index (χ1n) is 6.95. The molecule has 1 aromatic heterocycles. The standard InChI is InChI=1S/C17H15F3N2O2/c1-22(2)15-10-13(17(18,19)20)9-14(21-15)12-5-3-4-11(8-12)6-7-16(23)24/h3-10H,1-2H3,(H,23,24). The van der Waals surface area contributed by atoms with Crippen LogP contribution < -0.4 is 4.90 Å². The normalized spacial score (nSPS) is 11.7. The van der Waals surface area contributed by atoms with E-state index in [1.165, 1.54) is 11.0 Å². The molecule has 0 fully saturated rings. The zero-order valence-corrected chi connectivity index (χ0v) is 13.0. The highest BCUT2D eigenvalue weighted by Gasteiger charge is 2.32. The highest BCUT2D eigenvalue weighted by molar-refractivity contribution is 5.85. The van der Waals surface area contributed by atoms with Crippen molar-refractivity contribution in [3.63, 3.8) is 0 Å². The maximum atomic E-state index is 13.1. The summed E-state index contributed by atoms with van der Waals surface area (Å²) in [4.78, 5) is 16.3. The van der Waals surface area contributed by atoms with Gasteiger partial charge in [0.05, 0.1) is 11.3 Å². The Bertz CT molecular complexity index is 784. The molecule has 1 heterocycles. The highest BCUT2D eigenvalue weighted by atomic mass is 19.4. The largest absolute Gasteiger partial charge is 0.478 e. The fourth-order valence-electron chi connectivity index (χ4n) is 2.03. The molecule has 0 aliphatic carbocycles. The van der Waals surface area contributed by atoms with Crippen molar-refractivity contribution in [2.45, 2.75) is 6.18 Å². The molecule has 0 spiro atoms. The van der Waals surface area contributed by atoms with E-state index in [1.807, 2.05) is 0 Å². The number of hydrogen-bond acceptors (Lipinski definition) is 3. The first-order valence-corrected chi connectivity index (χ1v) is 6.95. The lowest BCUT2D eigenvalue weighted by atomic mass is 10.1. The summed E-state index contributed by atoms with van der Waals surface area (Å²) in [5, 5.41) is 8.65. The number of carboxylic acids is 1. The Balaban J connectivity index is 2.53. The van der Waals surface area contributed by atoms with Crippen LogP contribution in [0, 0.1) is 0 Å². The van der Waals surface area contributed by atoms with Crippen molar-refractivity contribution in [1.82, 2.24) is 4.98 Å². The third kappa shape index (κ3) is 4.34. The second-order valence-electron chi connectivity index (χ2n) is 5.29. The van der Waals surface area contributed by atoms with Crippen LogP contribution in [0.15, 0.2) is 42.5 Å². The maximum absolute atomic E-state index is 13.1. The van der Waals surface area contributed by atoms with E-state index in [1.54, 1.807) is 38.4 Å². The average molecular weight is 336 g/mol. The van der Waals surface area contributed by atoms with E-state index in [0.717, 1.165) is 18.2 Å². The molecule has 0 radical (unpaired) electrons. The number of pyridine rings is 1. The van der Waals surface area contributed by atoms with Crippen LogP contribution in [0.1, 0.15) is 11.1 Å². The van der Waals surface area contributed by atoms with Crippen LogP contribution in [0.5, 0.6) is 0 Å². The maximum Gasteiger partial charge on any atom is 0.416 e. The van der Waals surface area contributed by atoms with E-state index in [9.17, 15) is 18.0 Å². The minimum atomic E-state index is -4.48. The fourth-order valence-corrected chi connectivity index (χ4v) is 2.03. The number of aromatic nitrogens is 1. The Labute approximate surface area is 136 Å². The number of aliphatic carboxylic acids is 1. The van der Waals surface area contributed by atoms with Crippen LogP contribution >= 0.6 is 0 Å². The molecule has 0 amide bonds. The number of benzene rings is 1. The van der Waals surface area contributed by atoms with Crippen molar-refractivity contribution in [3.8, 4) is 11.3 Å². The molecular formula is C17H15F3N2O2. The number of carboxylic acid groups (broad SMARTS) is 1. The highest BCUT2D eigenvalue weighted by Crippen LogP contribution is 2.34. The number of carbonyl (C=O) groups is 1. The third-order valence-corrected chi connectivity index (χ3v) is 3.20. The molecule has 4 nitrogen and oxygen atoms in total. The summed E-state index contributed by atoms with van der Waals surface area (Å²) >= 11 is 0. The summed E-state index contributed by atoms with van der Waals surface area (Å²) in [6.45, 7) is 0. The van der Waals surface area contributed by atoms with Gasteiger partial charge in [0.1, 0.15) is 5.82 Å². The molecule has 2 aromatic rings. The summed E-state index contributed by atoms with van der Waals surface area (Å²) in [5.74, 6) is -0.918. The van der Waals surface area contributed by atoms with Gasteiger partial charge in [-0.15, -0.1) is 0 Å². The number of halogens is 3. The Morgan fingerprint density at radius 2 is 1.92 bits per heavy atom. The fraction of sp³-hybridized carbons (Fsp3) is 0.176. The van der Waals surface area contributed by atoms with Gasteiger partial charge in [-0.1, -0.05) is 18.2 Å². The number of alkyl halides is 3. The smallest absolute Gasteiger partial charge is 0.416 e. The second-order valence-corrected chi connectivity index (χ2v) is 5.29. The van der Waals surface area contributed by atoms with E-state index in [-0.39, 0.29) is 11.5 Å². The Morgan fingerprint density at radius 3 is 2.50 bits per heavy atom. The molecule has 0 bridgehead atoms. The van der Waals surface area contributed by atoms with Crippen LogP contribution in [-0.4, -0.2) is 30.2 Å². The molecule has 0 saturated carbocycles. The summed E-state index contributed by atoms with van der Waals surface area (Å²) in [6, 6.07) is 8.46.